The van der Waals surface area contributed by atoms with Crippen LogP contribution < -0.4 is 29.7 Å². The van der Waals surface area contributed by atoms with Crippen molar-refractivity contribution in [2.24, 2.45) is 0 Å². The topological polar surface area (TPSA) is 137 Å². The van der Waals surface area contributed by atoms with Crippen LogP contribution in [-0.4, -0.2) is 47.3 Å². The van der Waals surface area contributed by atoms with Crippen LogP contribution in [-0.2, 0) is 21.3 Å². The van der Waals surface area contributed by atoms with Crippen LogP contribution >= 0.6 is 0 Å². The fourth-order valence-electron chi connectivity index (χ4n) is 4.71. The molecule has 1 aliphatic carbocycles. The molecule has 0 heterocycles. The number of amides is 1. The summed E-state index contributed by atoms with van der Waals surface area (Å²) in [5, 5.41) is 2.96. The van der Waals surface area contributed by atoms with E-state index in [1.165, 1.54) is 26.2 Å². The molecule has 1 aliphatic rings. The Kier molecular flexibility index (Phi) is 9.78. The third-order valence-electron chi connectivity index (χ3n) is 6.47. The van der Waals surface area contributed by atoms with Crippen molar-refractivity contribution in [2.75, 3.05) is 28.4 Å². The number of hydrogen-bond acceptors (Lipinski definition) is 8. The summed E-state index contributed by atoms with van der Waals surface area (Å²) >= 11 is 0. The highest BCUT2D eigenvalue weighted by Gasteiger charge is 2.29. The van der Waals surface area contributed by atoms with Crippen LogP contribution in [0.15, 0.2) is 58.2 Å². The summed E-state index contributed by atoms with van der Waals surface area (Å²) in [6, 6.07) is 12.8. The molecule has 3 aromatic carbocycles. The number of nitrogens with one attached hydrogen (secondary N) is 1. The Labute approximate surface area is 233 Å². The van der Waals surface area contributed by atoms with Crippen molar-refractivity contribution in [3.8, 4) is 34.1 Å². The summed E-state index contributed by atoms with van der Waals surface area (Å²) in [6.45, 7) is 3.09. The number of carbonyl (C=O) groups is 1. The van der Waals surface area contributed by atoms with Crippen molar-refractivity contribution in [1.82, 2.24) is 5.32 Å². The molecule has 0 aromatic heterocycles. The molecule has 40 heavy (non-hydrogen) atoms. The number of fused-ring (bicyclic) bond motifs is 3. The summed E-state index contributed by atoms with van der Waals surface area (Å²) in [4.78, 5) is 24.5. The fraction of sp³-hybridized carbons (Fsp3) is 0.310. The van der Waals surface area contributed by atoms with E-state index < -0.39 is 10.1 Å². The van der Waals surface area contributed by atoms with Crippen LogP contribution in [0.4, 0.5) is 0 Å². The molecule has 0 fully saturated rings. The van der Waals surface area contributed by atoms with Gasteiger partial charge in [0.1, 0.15) is 0 Å². The maximum Gasteiger partial charge on any atom is 0.294 e. The largest absolute Gasteiger partial charge is 0.493 e. The minimum Gasteiger partial charge on any atom is -0.493 e. The number of benzene rings is 2. The van der Waals surface area contributed by atoms with Gasteiger partial charge in [0.05, 0.1) is 39.4 Å². The third-order valence-corrected chi connectivity index (χ3v) is 7.48. The molecular formula is C29H33NO9S. The average molecular weight is 572 g/mol. The van der Waals surface area contributed by atoms with Crippen LogP contribution in [0.5, 0.6) is 23.0 Å². The maximum absolute atomic E-state index is 12.6. The van der Waals surface area contributed by atoms with Crippen molar-refractivity contribution in [3.63, 3.8) is 0 Å². The molecule has 1 amide bonds. The van der Waals surface area contributed by atoms with Gasteiger partial charge in [0.25, 0.3) is 10.1 Å². The van der Waals surface area contributed by atoms with Crippen molar-refractivity contribution < 1.29 is 36.7 Å². The van der Waals surface area contributed by atoms with Crippen molar-refractivity contribution in [3.05, 3.63) is 75.4 Å². The zero-order valence-corrected chi connectivity index (χ0v) is 24.0. The number of methoxy groups -OCH3 is 4. The van der Waals surface area contributed by atoms with Gasteiger partial charge < -0.3 is 24.3 Å². The van der Waals surface area contributed by atoms with Crippen LogP contribution in [0.1, 0.15) is 36.1 Å². The van der Waals surface area contributed by atoms with Gasteiger partial charge in [-0.2, -0.15) is 8.42 Å². The highest BCUT2D eigenvalue weighted by Crippen LogP contribution is 2.50. The van der Waals surface area contributed by atoms with Crippen molar-refractivity contribution in [2.45, 2.75) is 37.6 Å². The van der Waals surface area contributed by atoms with Gasteiger partial charge in [-0.1, -0.05) is 24.3 Å². The van der Waals surface area contributed by atoms with Gasteiger partial charge >= 0.3 is 0 Å². The molecule has 0 saturated heterocycles. The Balaban J connectivity index is 0.000000336. The second kappa shape index (κ2) is 12.8. The summed E-state index contributed by atoms with van der Waals surface area (Å²) in [6.07, 6.45) is 1.27. The van der Waals surface area contributed by atoms with Crippen LogP contribution in [0.25, 0.3) is 11.1 Å². The zero-order chi connectivity index (χ0) is 29.6. The molecule has 4 rings (SSSR count). The van der Waals surface area contributed by atoms with E-state index in [4.69, 9.17) is 23.5 Å². The molecule has 0 saturated carbocycles. The monoisotopic (exact) mass is 571 g/mol. The molecule has 0 unspecified atom stereocenters. The number of carbonyl (C=O) groups excluding carboxylic acids is 1. The quantitative estimate of drug-likeness (QED) is 0.419. The first-order chi connectivity index (χ1) is 19.0. The summed E-state index contributed by atoms with van der Waals surface area (Å²) < 4.78 is 51.9. The Morgan fingerprint density at radius 1 is 0.925 bits per heavy atom. The molecule has 3 aromatic rings. The van der Waals surface area contributed by atoms with Crippen molar-refractivity contribution in [1.29, 1.82) is 0 Å². The predicted molar refractivity (Wildman–Crippen MR) is 150 cm³/mol. The first-order valence-electron chi connectivity index (χ1n) is 12.3. The third kappa shape index (κ3) is 6.54. The van der Waals surface area contributed by atoms with Gasteiger partial charge in [-0.25, -0.2) is 0 Å². The fourth-order valence-corrected chi connectivity index (χ4v) is 5.43. The standard InChI is InChI=1S/C22H25NO6.C7H8O3S/c1-12(24)23-16-8-6-13-10-19(27-3)21(28-4)22(29-5)20(13)14-7-9-18(26-2)17(25)11-15(14)16;1-6-4-2-3-5-7(6)11(8,9)10/h7,9-11,16H,6,8H2,1-5H3,(H,23,24);2-5H,1H3,(H,8,9,10)/t16-;/m0./s1. The SMILES string of the molecule is COc1cc2c(c(OC)c1OC)-c1ccc(OC)c(=O)cc1[C@@H](NC(C)=O)CC2.Cc1ccccc1S(=O)(=O)O. The minimum atomic E-state index is -4.03. The number of ether oxygens (including phenoxy) is 4. The van der Waals surface area contributed by atoms with Gasteiger partial charge in [-0.3, -0.25) is 14.1 Å². The second-order valence-corrected chi connectivity index (χ2v) is 10.4. The number of hydrogen-bond donors (Lipinski definition) is 2. The molecular weight excluding hydrogens is 538 g/mol. The summed E-state index contributed by atoms with van der Waals surface area (Å²) in [5.74, 6) is 1.60. The lowest BCUT2D eigenvalue weighted by Crippen LogP contribution is -2.26. The summed E-state index contributed by atoms with van der Waals surface area (Å²) in [7, 11) is 2.11. The van der Waals surface area contributed by atoms with Crippen LogP contribution in [0.2, 0.25) is 0 Å². The molecule has 2 N–H and O–H groups in total. The van der Waals surface area contributed by atoms with E-state index in [-0.39, 0.29) is 28.0 Å². The Morgan fingerprint density at radius 3 is 2.10 bits per heavy atom. The van der Waals surface area contributed by atoms with Gasteiger partial charge in [-0.05, 0) is 66.3 Å². The lowest BCUT2D eigenvalue weighted by Gasteiger charge is -2.19. The molecule has 10 nitrogen and oxygen atoms in total. The number of aryl methyl sites for hydroxylation is 2. The molecule has 1 atom stereocenters. The van der Waals surface area contributed by atoms with Gasteiger partial charge in [-0.15, -0.1) is 0 Å². The maximum atomic E-state index is 12.6. The molecule has 0 bridgehead atoms. The molecule has 0 aliphatic heterocycles. The van der Waals surface area contributed by atoms with E-state index in [1.807, 2.05) is 12.1 Å². The Morgan fingerprint density at radius 2 is 1.57 bits per heavy atom. The van der Waals surface area contributed by atoms with Gasteiger partial charge in [0.2, 0.25) is 17.1 Å². The summed E-state index contributed by atoms with van der Waals surface area (Å²) in [5.41, 5.74) is 3.56. The second-order valence-electron chi connectivity index (χ2n) is 8.99. The lowest BCUT2D eigenvalue weighted by atomic mass is 9.95. The number of rotatable bonds is 6. The lowest BCUT2D eigenvalue weighted by molar-refractivity contribution is -0.119. The highest BCUT2D eigenvalue weighted by molar-refractivity contribution is 7.85. The first-order valence-corrected chi connectivity index (χ1v) is 13.7. The minimum absolute atomic E-state index is 0.0278. The molecule has 214 valence electrons. The Bertz CT molecular complexity index is 1570. The smallest absolute Gasteiger partial charge is 0.294 e. The van der Waals surface area contributed by atoms with E-state index in [9.17, 15) is 18.0 Å². The molecule has 0 radical (unpaired) electrons. The van der Waals surface area contributed by atoms with Crippen LogP contribution in [0.3, 0.4) is 0 Å². The Hall–Kier alpha value is -4.09. The highest BCUT2D eigenvalue weighted by atomic mass is 32.2. The van der Waals surface area contributed by atoms with E-state index in [2.05, 4.69) is 5.32 Å². The van der Waals surface area contributed by atoms with Gasteiger partial charge in [0.15, 0.2) is 17.2 Å². The predicted octanol–water partition coefficient (Wildman–Crippen LogP) is 4.11. The first kappa shape index (κ1) is 30.5. The zero-order valence-electron chi connectivity index (χ0n) is 23.2. The van der Waals surface area contributed by atoms with E-state index in [0.717, 1.165) is 16.7 Å². The van der Waals surface area contributed by atoms with Crippen LogP contribution in [0, 0.1) is 6.92 Å². The van der Waals surface area contributed by atoms with E-state index in [1.54, 1.807) is 52.5 Å². The van der Waals surface area contributed by atoms with E-state index in [0.29, 0.717) is 41.2 Å². The van der Waals surface area contributed by atoms with E-state index >= 15 is 0 Å². The average Bonchev–Trinajstić information content (AvgIpc) is 3.15. The molecule has 11 heteroatoms. The van der Waals surface area contributed by atoms with Gasteiger partial charge in [0, 0.05) is 12.5 Å². The molecule has 0 spiro atoms. The normalized spacial score (nSPS) is 13.8. The van der Waals surface area contributed by atoms with Crippen molar-refractivity contribution >= 4 is 16.0 Å².